The molecular formula is C14H20N2O3. The van der Waals surface area contributed by atoms with Gasteiger partial charge in [-0.05, 0) is 51.2 Å². The Morgan fingerprint density at radius 1 is 1.32 bits per heavy atom. The molecule has 1 fully saturated rings. The van der Waals surface area contributed by atoms with Gasteiger partial charge in [0.1, 0.15) is 5.56 Å². The Balaban J connectivity index is 2.10. The molecule has 1 saturated carbocycles. The second kappa shape index (κ2) is 5.57. The summed E-state index contributed by atoms with van der Waals surface area (Å²) in [4.78, 5) is 26.6. The summed E-state index contributed by atoms with van der Waals surface area (Å²) < 4.78 is 0. The van der Waals surface area contributed by atoms with Crippen molar-refractivity contribution < 1.29 is 9.90 Å². The second-order valence-electron chi connectivity index (χ2n) is 5.32. The Morgan fingerprint density at radius 2 is 1.95 bits per heavy atom. The van der Waals surface area contributed by atoms with Crippen molar-refractivity contribution >= 4 is 5.91 Å². The summed E-state index contributed by atoms with van der Waals surface area (Å²) in [5.41, 5.74) is 1.29. The summed E-state index contributed by atoms with van der Waals surface area (Å²) in [5, 5.41) is 12.3. The summed E-state index contributed by atoms with van der Waals surface area (Å²) >= 11 is 0. The average Bonchev–Trinajstić information content (AvgIpc) is 2.30. The summed E-state index contributed by atoms with van der Waals surface area (Å²) in [6.45, 7) is 3.56. The number of aromatic nitrogens is 1. The molecule has 1 aliphatic carbocycles. The lowest BCUT2D eigenvalue weighted by Crippen LogP contribution is -2.41. The molecule has 1 aliphatic rings. The highest BCUT2D eigenvalue weighted by atomic mass is 16.3. The smallest absolute Gasteiger partial charge is 0.261 e. The molecule has 19 heavy (non-hydrogen) atoms. The lowest BCUT2D eigenvalue weighted by atomic mass is 9.93. The Bertz CT molecular complexity index is 528. The van der Waals surface area contributed by atoms with Crippen molar-refractivity contribution in [2.24, 2.45) is 0 Å². The summed E-state index contributed by atoms with van der Waals surface area (Å²) in [6.07, 6.45) is 2.67. The third-order valence-electron chi connectivity index (χ3n) is 3.62. The first kappa shape index (κ1) is 13.8. The van der Waals surface area contributed by atoms with E-state index in [0.29, 0.717) is 18.4 Å². The zero-order valence-electron chi connectivity index (χ0n) is 11.3. The number of H-pyrrole nitrogens is 1. The van der Waals surface area contributed by atoms with Crippen molar-refractivity contribution in [2.45, 2.75) is 51.7 Å². The van der Waals surface area contributed by atoms with Crippen LogP contribution < -0.4 is 10.9 Å². The number of aliphatic hydroxyl groups excluding tert-OH is 1. The number of pyridine rings is 1. The highest BCUT2D eigenvalue weighted by molar-refractivity contribution is 5.95. The number of carbonyl (C=O) groups is 1. The van der Waals surface area contributed by atoms with Gasteiger partial charge in [0.2, 0.25) is 0 Å². The predicted molar refractivity (Wildman–Crippen MR) is 72.3 cm³/mol. The normalized spacial score (nSPS) is 23.1. The topological polar surface area (TPSA) is 82.2 Å². The molecule has 0 spiro atoms. The van der Waals surface area contributed by atoms with Crippen LogP contribution in [0, 0.1) is 13.8 Å². The molecule has 0 saturated heterocycles. The van der Waals surface area contributed by atoms with E-state index in [0.717, 1.165) is 18.5 Å². The quantitative estimate of drug-likeness (QED) is 0.746. The number of hydrogen-bond acceptors (Lipinski definition) is 3. The number of nitrogens with one attached hydrogen (secondary N) is 2. The Kier molecular flexibility index (Phi) is 4.04. The number of rotatable bonds is 2. The second-order valence-corrected chi connectivity index (χ2v) is 5.32. The van der Waals surface area contributed by atoms with Crippen LogP contribution in [0.5, 0.6) is 0 Å². The molecule has 5 heteroatoms. The van der Waals surface area contributed by atoms with Gasteiger partial charge in [-0.2, -0.15) is 0 Å². The maximum absolute atomic E-state index is 12.2. The summed E-state index contributed by atoms with van der Waals surface area (Å²) in [7, 11) is 0. The Labute approximate surface area is 112 Å². The minimum Gasteiger partial charge on any atom is -0.393 e. The molecule has 0 bridgehead atoms. The molecular weight excluding hydrogens is 244 g/mol. The van der Waals surface area contributed by atoms with Gasteiger partial charge in [0.15, 0.2) is 0 Å². The largest absolute Gasteiger partial charge is 0.393 e. The van der Waals surface area contributed by atoms with Crippen LogP contribution in [-0.2, 0) is 0 Å². The standard InChI is InChI=1S/C14H20N2O3/c1-8-7-9(2)15-13(18)12(8)14(19)16-10-3-5-11(17)6-4-10/h7,10-11,17H,3-6H2,1-2H3,(H,15,18)(H,16,19). The fourth-order valence-electron chi connectivity index (χ4n) is 2.61. The van der Waals surface area contributed by atoms with Gasteiger partial charge in [0.25, 0.3) is 11.5 Å². The van der Waals surface area contributed by atoms with E-state index in [4.69, 9.17) is 0 Å². The van der Waals surface area contributed by atoms with Crippen LogP contribution in [-0.4, -0.2) is 28.1 Å². The zero-order valence-corrected chi connectivity index (χ0v) is 11.3. The molecule has 3 N–H and O–H groups in total. The first-order chi connectivity index (χ1) is 8.97. The third kappa shape index (κ3) is 3.23. The van der Waals surface area contributed by atoms with Crippen LogP contribution in [0.1, 0.15) is 47.3 Å². The van der Waals surface area contributed by atoms with Crippen molar-refractivity contribution in [3.05, 3.63) is 33.2 Å². The Morgan fingerprint density at radius 3 is 2.53 bits per heavy atom. The monoisotopic (exact) mass is 264 g/mol. The molecule has 0 radical (unpaired) electrons. The van der Waals surface area contributed by atoms with Crippen molar-refractivity contribution in [3.63, 3.8) is 0 Å². The van der Waals surface area contributed by atoms with E-state index in [-0.39, 0.29) is 29.2 Å². The Hall–Kier alpha value is -1.62. The van der Waals surface area contributed by atoms with Crippen molar-refractivity contribution in [1.29, 1.82) is 0 Å². The molecule has 2 rings (SSSR count). The molecule has 104 valence electrons. The molecule has 1 heterocycles. The van der Waals surface area contributed by atoms with E-state index in [2.05, 4.69) is 10.3 Å². The van der Waals surface area contributed by atoms with Gasteiger partial charge >= 0.3 is 0 Å². The first-order valence-corrected chi connectivity index (χ1v) is 6.67. The molecule has 1 amide bonds. The van der Waals surface area contributed by atoms with Gasteiger partial charge in [-0.15, -0.1) is 0 Å². The highest BCUT2D eigenvalue weighted by Crippen LogP contribution is 2.18. The van der Waals surface area contributed by atoms with E-state index in [1.165, 1.54) is 0 Å². The van der Waals surface area contributed by atoms with Crippen LogP contribution in [0.3, 0.4) is 0 Å². The third-order valence-corrected chi connectivity index (χ3v) is 3.62. The van der Waals surface area contributed by atoms with Crippen LogP contribution in [0.15, 0.2) is 10.9 Å². The van der Waals surface area contributed by atoms with Crippen LogP contribution in [0.25, 0.3) is 0 Å². The van der Waals surface area contributed by atoms with Gasteiger partial charge in [0, 0.05) is 11.7 Å². The van der Waals surface area contributed by atoms with Gasteiger partial charge in [-0.25, -0.2) is 0 Å². The van der Waals surface area contributed by atoms with Crippen molar-refractivity contribution in [3.8, 4) is 0 Å². The lowest BCUT2D eigenvalue weighted by molar-refractivity contribution is 0.0865. The molecule has 0 aliphatic heterocycles. The minimum atomic E-state index is -0.342. The number of amides is 1. The van der Waals surface area contributed by atoms with Crippen molar-refractivity contribution in [2.75, 3.05) is 0 Å². The molecule has 0 atom stereocenters. The van der Waals surface area contributed by atoms with Gasteiger partial charge in [-0.1, -0.05) is 0 Å². The SMILES string of the molecule is Cc1cc(C)c(C(=O)NC2CCC(O)CC2)c(=O)[nH]1. The highest BCUT2D eigenvalue weighted by Gasteiger charge is 2.23. The maximum Gasteiger partial charge on any atom is 0.261 e. The first-order valence-electron chi connectivity index (χ1n) is 6.67. The summed E-state index contributed by atoms with van der Waals surface area (Å²) in [5.74, 6) is -0.319. The lowest BCUT2D eigenvalue weighted by Gasteiger charge is -2.26. The molecule has 5 nitrogen and oxygen atoms in total. The number of hydrogen-bond donors (Lipinski definition) is 3. The number of aromatic amines is 1. The van der Waals surface area contributed by atoms with Crippen molar-refractivity contribution in [1.82, 2.24) is 10.3 Å². The zero-order chi connectivity index (χ0) is 14.0. The van der Waals surface area contributed by atoms with Crippen LogP contribution >= 0.6 is 0 Å². The van der Waals surface area contributed by atoms with E-state index in [1.54, 1.807) is 19.9 Å². The van der Waals surface area contributed by atoms with Gasteiger partial charge < -0.3 is 15.4 Å². The maximum atomic E-state index is 12.2. The minimum absolute atomic E-state index is 0.0519. The number of carbonyl (C=O) groups excluding carboxylic acids is 1. The van der Waals surface area contributed by atoms with E-state index >= 15 is 0 Å². The predicted octanol–water partition coefficient (Wildman–Crippen LogP) is 1.03. The van der Waals surface area contributed by atoms with Gasteiger partial charge in [0.05, 0.1) is 6.10 Å². The van der Waals surface area contributed by atoms with Gasteiger partial charge in [-0.3, -0.25) is 9.59 Å². The fraction of sp³-hybridized carbons (Fsp3) is 0.571. The number of aliphatic hydroxyl groups is 1. The van der Waals surface area contributed by atoms with Crippen LogP contribution in [0.4, 0.5) is 0 Å². The number of aryl methyl sites for hydroxylation is 2. The molecule has 0 aromatic carbocycles. The fourth-order valence-corrected chi connectivity index (χ4v) is 2.61. The average molecular weight is 264 g/mol. The molecule has 1 aromatic rings. The molecule has 0 unspecified atom stereocenters. The van der Waals surface area contributed by atoms with E-state index < -0.39 is 0 Å². The van der Waals surface area contributed by atoms with Crippen LogP contribution in [0.2, 0.25) is 0 Å². The molecule has 1 aromatic heterocycles. The van der Waals surface area contributed by atoms with E-state index in [9.17, 15) is 14.7 Å². The van der Waals surface area contributed by atoms with E-state index in [1.807, 2.05) is 0 Å². The summed E-state index contributed by atoms with van der Waals surface area (Å²) in [6, 6.07) is 1.84.